The van der Waals surface area contributed by atoms with Gasteiger partial charge in [0.1, 0.15) is 0 Å². The summed E-state index contributed by atoms with van der Waals surface area (Å²) in [6, 6.07) is 35.5. The third-order valence-corrected chi connectivity index (χ3v) is 17.3. The Kier molecular flexibility index (Phi) is 22.5. The Morgan fingerprint density at radius 3 is 0.901 bits per heavy atom. The molecule has 5 aromatic heterocycles. The number of benzene rings is 2. The maximum absolute atomic E-state index is 10.7. The minimum absolute atomic E-state index is 0.0678. The maximum Gasteiger partial charge on any atom is 0.173 e. The van der Waals surface area contributed by atoms with Crippen molar-refractivity contribution in [1.29, 1.82) is 0 Å². The van der Waals surface area contributed by atoms with Gasteiger partial charge in [0.25, 0.3) is 0 Å². The summed E-state index contributed by atoms with van der Waals surface area (Å²) >= 11 is 9.23. The van der Waals surface area contributed by atoms with Crippen molar-refractivity contribution in [1.82, 2.24) is 4.98 Å². The normalized spacial score (nSPS) is 17.0. The van der Waals surface area contributed by atoms with Crippen LogP contribution in [0.5, 0.6) is 0 Å². The molecule has 18 aliphatic rings. The van der Waals surface area contributed by atoms with E-state index in [1.807, 2.05) is 58.8 Å². The molecular formula is C50H49F24N5O3P4S5. The van der Waals surface area contributed by atoms with Crippen LogP contribution in [0.25, 0.3) is 22.3 Å². The Bertz CT molecular complexity index is 3190. The molecule has 0 saturated heterocycles. The van der Waals surface area contributed by atoms with E-state index >= 15 is 0 Å². The summed E-state index contributed by atoms with van der Waals surface area (Å²) in [7, 11) is -42.6. The Morgan fingerprint density at radius 1 is 0.374 bits per heavy atom. The number of hydrogen-bond donors (Lipinski definition) is 2. The summed E-state index contributed by atoms with van der Waals surface area (Å²) in [6.45, 7) is 5.72. The Balaban J connectivity index is 0.000000246. The van der Waals surface area contributed by atoms with E-state index in [1.165, 1.54) is 67.0 Å². The molecule has 0 radical (unpaired) electrons. The summed E-state index contributed by atoms with van der Waals surface area (Å²) in [5.74, 6) is 0.947. The van der Waals surface area contributed by atoms with Crippen LogP contribution in [0.4, 0.5) is 101 Å². The van der Waals surface area contributed by atoms with Gasteiger partial charge in [0.15, 0.2) is 75.8 Å². The van der Waals surface area contributed by atoms with Gasteiger partial charge in [-0.2, -0.15) is 0 Å². The Morgan fingerprint density at radius 2 is 0.637 bits per heavy atom. The molecule has 8 nitrogen and oxygen atoms in total. The third-order valence-electron chi connectivity index (χ3n) is 10.5. The fourth-order valence-electron chi connectivity index (χ4n) is 7.14. The molecule has 18 aliphatic heterocycles. The smallest absolute Gasteiger partial charge is 0.173 e. The molecule has 2 N–H and O–H groups in total. The number of nitrogens with one attached hydrogen (secondary N) is 1. The molecule has 510 valence electrons. The van der Waals surface area contributed by atoms with Crippen LogP contribution in [0.2, 0.25) is 0 Å². The second-order valence-electron chi connectivity index (χ2n) is 18.9. The number of aromatic nitrogens is 5. The molecule has 0 saturated carbocycles. The van der Waals surface area contributed by atoms with Crippen molar-refractivity contribution in [2.24, 2.45) is 0 Å². The average molecular weight is 1510 g/mol. The van der Waals surface area contributed by atoms with E-state index in [-0.39, 0.29) is 6.61 Å². The molecule has 41 heteroatoms. The Labute approximate surface area is 522 Å². The zero-order chi connectivity index (χ0) is 68.3. The summed E-state index contributed by atoms with van der Waals surface area (Å²) in [5, 5.41) is 10.8. The van der Waals surface area contributed by atoms with Crippen molar-refractivity contribution in [3.05, 3.63) is 199 Å². The van der Waals surface area contributed by atoms with Crippen LogP contribution < -0.4 is 18.3 Å². The first-order chi connectivity index (χ1) is 40.9. The van der Waals surface area contributed by atoms with Crippen LogP contribution >= 0.6 is 90.0 Å². The monoisotopic (exact) mass is 1510 g/mol. The zero-order valence-corrected chi connectivity index (χ0v) is 53.3. The molecule has 0 unspecified atom stereocenters. The number of pyridine rings is 4. The quantitative estimate of drug-likeness (QED) is 0.0641. The van der Waals surface area contributed by atoms with Crippen molar-refractivity contribution in [3.63, 3.8) is 0 Å². The number of aliphatic hydroxyl groups excluding tert-OH is 1. The number of thioether (sulfide) groups is 5. The fraction of sp³-hybridized carbons (Fsp3) is 0.200. The predicted octanol–water partition coefficient (Wildman–Crippen LogP) is 22.6. The van der Waals surface area contributed by atoms with Crippen LogP contribution in [0.15, 0.2) is 187 Å². The number of fused-ring (bicyclic) bond motifs is 1. The van der Waals surface area contributed by atoms with Gasteiger partial charge in [-0.05, 0) is 27.7 Å². The SMILES string of the molecule is F[P-](F)(F)(F)(F)F.F[P-](F)(F)(F)(F)F.F[P-](F)(F)(F)(F)F.F[P-](F)(F)(F)(F)F.OCCOCCOCCSC1=CSC(=C2Sc3c[nH]cc3S2)S1.c1cc2ccc1C[n+]1ccc(cc1)-c1cc[n+](cc1)Cc1ccc(cc1)C[n+]1ccc(cc1)-c1cc[n+](cc1)C2. The minimum Gasteiger partial charge on any atom is -0.394 e. The average Bonchev–Trinajstić information content (AvgIpc) is 1.80. The second-order valence-corrected chi connectivity index (χ2v) is 32.5. The molecule has 23 heterocycles. The molecule has 25 rings (SSSR count). The predicted molar refractivity (Wildman–Crippen MR) is 312 cm³/mol. The number of H-pyrrole nitrogens is 1. The van der Waals surface area contributed by atoms with Crippen molar-refractivity contribution in [2.45, 2.75) is 36.0 Å². The molecule has 7 aromatic rings. The summed E-state index contributed by atoms with van der Waals surface area (Å²) < 4.78 is 260. The van der Waals surface area contributed by atoms with E-state index in [0.717, 1.165) is 38.5 Å². The topological polar surface area (TPSA) is 70.0 Å². The van der Waals surface area contributed by atoms with Gasteiger partial charge in [-0.1, -0.05) is 95.6 Å². The van der Waals surface area contributed by atoms with Gasteiger partial charge in [0.05, 0.1) is 45.7 Å². The van der Waals surface area contributed by atoms with E-state index in [9.17, 15) is 101 Å². The first kappa shape index (κ1) is 77.2. The molecule has 0 amide bonds. The van der Waals surface area contributed by atoms with Gasteiger partial charge in [0, 0.05) is 98.7 Å². The first-order valence-electron chi connectivity index (χ1n) is 25.0. The van der Waals surface area contributed by atoms with Gasteiger partial charge in [-0.15, -0.1) is 11.8 Å². The van der Waals surface area contributed by atoms with E-state index in [4.69, 9.17) is 14.6 Å². The molecule has 12 bridgehead atoms. The first-order valence-corrected chi connectivity index (χ1v) is 37.4. The van der Waals surface area contributed by atoms with Crippen molar-refractivity contribution in [3.8, 4) is 22.3 Å². The standard InChI is InChI=1S/C36H32N4.C14H17NO3S5.4F6P/c1-2-30-4-3-29(1)25-37-17-9-33(10-18-37)35-13-21-39(22-14-35)27-31-5-7-32(8-6-31)28-40-23-15-36(16-24-40)34-11-19-38(26-30)20-12-34;16-1-2-17-3-4-18-5-6-19-12-9-20-13(23-12)14-21-10-7-15-8-11(10)22-14;4*1-7(2,3,4,5)6/h1-24H,25-28H2;7-9,15-16H,1-6H2;;;;/q+4;;4*-1. The van der Waals surface area contributed by atoms with Gasteiger partial charge in [-0.3, -0.25) is 0 Å². The number of halogens is 24. The number of nitrogens with zero attached hydrogens (tertiary/aromatic N) is 4. The number of aromatic amines is 1. The number of hydrogen-bond acceptors (Lipinski definition) is 8. The molecule has 0 fully saturated rings. The summed E-state index contributed by atoms with van der Waals surface area (Å²) in [4.78, 5) is 5.81. The molecular weight excluding hydrogens is 1460 g/mol. The van der Waals surface area contributed by atoms with Gasteiger partial charge < -0.3 is 19.6 Å². The molecule has 0 atom stereocenters. The summed E-state index contributed by atoms with van der Waals surface area (Å²) in [5.41, 5.74) is 10.1. The zero-order valence-electron chi connectivity index (χ0n) is 45.6. The number of ether oxygens (including phenoxy) is 2. The van der Waals surface area contributed by atoms with Crippen molar-refractivity contribution in [2.75, 3.05) is 38.8 Å². The van der Waals surface area contributed by atoms with Crippen molar-refractivity contribution >= 4 is 90.0 Å². The van der Waals surface area contributed by atoms with Gasteiger partial charge in [-0.25, -0.2) is 18.3 Å². The van der Waals surface area contributed by atoms with Crippen LogP contribution in [-0.4, -0.2) is 48.9 Å². The van der Waals surface area contributed by atoms with Crippen LogP contribution in [0.3, 0.4) is 0 Å². The van der Waals surface area contributed by atoms with E-state index in [2.05, 4.69) is 188 Å². The van der Waals surface area contributed by atoms with Gasteiger partial charge >= 0.3 is 132 Å². The molecule has 91 heavy (non-hydrogen) atoms. The maximum atomic E-state index is 9.87. The second kappa shape index (κ2) is 26.6. The molecule has 0 spiro atoms. The van der Waals surface area contributed by atoms with Crippen LogP contribution in [0, 0.1) is 0 Å². The van der Waals surface area contributed by atoms with Crippen LogP contribution in [-0.2, 0) is 35.7 Å². The third kappa shape index (κ3) is 41.0. The largest absolute Gasteiger partial charge is 0.394 e. The van der Waals surface area contributed by atoms with Crippen molar-refractivity contribution < 1.29 is 134 Å². The fourth-order valence-corrected chi connectivity index (χ4v) is 13.5. The van der Waals surface area contributed by atoms with E-state index < -0.39 is 31.2 Å². The van der Waals surface area contributed by atoms with Gasteiger partial charge in [0.2, 0.25) is 0 Å². The number of aliphatic hydroxyl groups is 1. The molecule has 0 aliphatic carbocycles. The van der Waals surface area contributed by atoms with E-state index in [0.29, 0.717) is 19.8 Å². The van der Waals surface area contributed by atoms with E-state index in [1.54, 1.807) is 0 Å². The summed E-state index contributed by atoms with van der Waals surface area (Å²) in [6.07, 6.45) is 21.5. The molecule has 2 aromatic carbocycles. The Hall–Kier alpha value is -4.53. The number of rotatable bonds is 9. The minimum atomic E-state index is -10.7. The van der Waals surface area contributed by atoms with Crippen LogP contribution in [0.1, 0.15) is 22.3 Å².